The number of aryl methyl sites for hydroxylation is 2. The molecule has 2 saturated heterocycles. The number of carbonyl (C=O) groups excluding carboxylic acids is 2. The van der Waals surface area contributed by atoms with E-state index in [2.05, 4.69) is 84.8 Å². The molecule has 1 atom stereocenters. The number of ether oxygens (including phenoxy) is 1. The van der Waals surface area contributed by atoms with E-state index in [4.69, 9.17) is 27.7 Å². The van der Waals surface area contributed by atoms with Crippen LogP contribution in [0.25, 0.3) is 43.9 Å². The van der Waals surface area contributed by atoms with Crippen molar-refractivity contribution in [3.63, 3.8) is 0 Å². The number of aliphatic hydroxyl groups excluding tert-OH is 1. The monoisotopic (exact) mass is 1340 g/mol. The van der Waals surface area contributed by atoms with E-state index in [1.165, 1.54) is 32.4 Å². The number of likely N-dealkylation sites (tertiary alicyclic amines) is 2. The van der Waals surface area contributed by atoms with Crippen molar-refractivity contribution >= 4 is 102 Å². The number of fused-ring (bicyclic) bond motifs is 8. The summed E-state index contributed by atoms with van der Waals surface area (Å²) in [4.78, 5) is 68.8. The van der Waals surface area contributed by atoms with Crippen molar-refractivity contribution in [2.75, 3.05) is 109 Å². The molecule has 0 bridgehead atoms. The van der Waals surface area contributed by atoms with E-state index in [0.717, 1.165) is 159 Å². The zero-order valence-corrected chi connectivity index (χ0v) is 58.2. The number of nitrogens with two attached hydrogens (primary N) is 4. The number of pyridine rings is 6. The number of nitrogen functional groups attached to an aromatic ring is 4. The minimum absolute atomic E-state index is 0.0361. The lowest BCUT2D eigenvalue weighted by Crippen LogP contribution is -2.39. The summed E-state index contributed by atoms with van der Waals surface area (Å²) in [5.74, 6) is 5.30. The molecule has 0 spiro atoms. The molecule has 2 amide bonds. The Morgan fingerprint density at radius 2 is 1.18 bits per heavy atom. The number of piperidine rings is 2. The largest absolute Gasteiger partial charge is 0.396 e. The van der Waals surface area contributed by atoms with Gasteiger partial charge in [-0.3, -0.25) is 9.59 Å². The van der Waals surface area contributed by atoms with E-state index < -0.39 is 5.60 Å². The molecular weight excluding hydrogens is 1250 g/mol. The Hall–Kier alpha value is -9.66. The molecule has 25 heteroatoms. The van der Waals surface area contributed by atoms with Gasteiger partial charge in [0.05, 0.1) is 77.8 Å². The quantitative estimate of drug-likeness (QED) is 0.0352. The molecule has 14 rings (SSSR count). The van der Waals surface area contributed by atoms with Crippen molar-refractivity contribution in [3.05, 3.63) is 143 Å². The first-order valence-corrected chi connectivity index (χ1v) is 34.6. The highest BCUT2D eigenvalue weighted by Crippen LogP contribution is 2.37. The number of nitrogens with zero attached hydrogens (tertiary/aromatic N) is 14. The molecule has 0 saturated carbocycles. The van der Waals surface area contributed by atoms with Crippen LogP contribution in [0.2, 0.25) is 0 Å². The van der Waals surface area contributed by atoms with Gasteiger partial charge < -0.3 is 77.3 Å². The van der Waals surface area contributed by atoms with E-state index in [-0.39, 0.29) is 18.4 Å². The van der Waals surface area contributed by atoms with E-state index in [0.29, 0.717) is 86.3 Å². The molecule has 4 aliphatic heterocycles. The van der Waals surface area contributed by atoms with Gasteiger partial charge in [0.25, 0.3) is 0 Å². The summed E-state index contributed by atoms with van der Waals surface area (Å²) in [7, 11) is 0. The Kier molecular flexibility index (Phi) is 22.8. The second-order valence-electron chi connectivity index (χ2n) is 27.2. The highest BCUT2D eigenvalue weighted by molar-refractivity contribution is 6.08. The maximum absolute atomic E-state index is 12.5. The van der Waals surface area contributed by atoms with Crippen LogP contribution in [-0.2, 0) is 60.0 Å². The normalized spacial score (nSPS) is 15.6. The first kappa shape index (κ1) is 70.7. The van der Waals surface area contributed by atoms with Crippen molar-refractivity contribution in [2.24, 2.45) is 11.8 Å². The molecule has 2 fully saturated rings. The fourth-order valence-electron chi connectivity index (χ4n) is 13.4. The third-order valence-electron chi connectivity index (χ3n) is 18.2. The molecule has 12 heterocycles. The molecule has 25 nitrogen and oxygen atoms in total. The number of hydrogen-bond acceptors (Lipinski definition) is 21. The first-order valence-electron chi connectivity index (χ1n) is 34.6. The van der Waals surface area contributed by atoms with Crippen LogP contribution < -0.4 is 43.4 Å². The Morgan fingerprint density at radius 3 is 1.71 bits per heavy atom. The minimum atomic E-state index is -0.881. The summed E-state index contributed by atoms with van der Waals surface area (Å²) < 4.78 is 9.69. The number of para-hydroxylation sites is 2. The summed E-state index contributed by atoms with van der Waals surface area (Å²) in [6.07, 6.45) is 12.4. The highest BCUT2D eigenvalue weighted by atomic mass is 16.5. The first-order chi connectivity index (χ1) is 47.7. The van der Waals surface area contributed by atoms with Gasteiger partial charge in [0.15, 0.2) is 11.6 Å². The van der Waals surface area contributed by atoms with Gasteiger partial charge in [-0.1, -0.05) is 68.8 Å². The number of benzene rings is 2. The van der Waals surface area contributed by atoms with Crippen LogP contribution in [0.1, 0.15) is 106 Å². The summed E-state index contributed by atoms with van der Waals surface area (Å²) >= 11 is 0. The Morgan fingerprint density at radius 1 is 0.646 bits per heavy atom. The topological polar surface area (TPSA) is 338 Å². The number of rotatable bonds is 20. The fraction of sp³-hybridized carbons (Fsp3) is 0.432. The molecule has 8 aromatic heterocycles. The zero-order valence-electron chi connectivity index (χ0n) is 58.2. The van der Waals surface area contributed by atoms with Gasteiger partial charge in [0.2, 0.25) is 11.8 Å². The number of imidazole rings is 2. The second kappa shape index (κ2) is 31.9. The number of nitrogens with one attached hydrogen (secondary N) is 2. The number of aromatic nitrogens is 10. The van der Waals surface area contributed by atoms with Crippen LogP contribution in [-0.4, -0.2) is 152 Å². The summed E-state index contributed by atoms with van der Waals surface area (Å²) in [5, 5.41) is 28.5. The van der Waals surface area contributed by atoms with Crippen molar-refractivity contribution < 1.29 is 24.5 Å². The Balaban J connectivity index is 0.000000135. The van der Waals surface area contributed by atoms with Crippen molar-refractivity contribution in [3.8, 4) is 0 Å². The van der Waals surface area contributed by atoms with Gasteiger partial charge in [-0.15, -0.1) is 0 Å². The highest BCUT2D eigenvalue weighted by Gasteiger charge is 2.32. The van der Waals surface area contributed by atoms with E-state index >= 15 is 0 Å². The molecule has 0 aliphatic carbocycles. The van der Waals surface area contributed by atoms with E-state index in [1.807, 2.05) is 123 Å². The molecule has 1 unspecified atom stereocenters. The average Bonchev–Trinajstić information content (AvgIpc) is 1.66. The fourth-order valence-corrected chi connectivity index (χ4v) is 13.4. The molecular formula is C74H96N20O5. The smallest absolute Gasteiger partial charge is 0.231 e. The lowest BCUT2D eigenvalue weighted by atomic mass is 9.99. The van der Waals surface area contributed by atoms with Crippen molar-refractivity contribution in [2.45, 2.75) is 132 Å². The van der Waals surface area contributed by atoms with Crippen LogP contribution in [0, 0.1) is 25.7 Å². The average molecular weight is 1350 g/mol. The maximum atomic E-state index is 12.5. The lowest BCUT2D eigenvalue weighted by molar-refractivity contribution is -0.118. The van der Waals surface area contributed by atoms with Crippen LogP contribution >= 0.6 is 0 Å². The zero-order chi connectivity index (χ0) is 69.9. The van der Waals surface area contributed by atoms with Gasteiger partial charge in [-0.25, -0.2) is 39.9 Å². The summed E-state index contributed by atoms with van der Waals surface area (Å²) in [6, 6.07) is 27.7. The summed E-state index contributed by atoms with van der Waals surface area (Å²) in [5.41, 5.74) is 35.4. The standard InChI is InChI=1S/C22H30N6O2.C21H28N6O.C17H22N4O2.C14H16N4/c1-15-9-19-18(22(23)26-15)10-21(30)28(19)13-16-4-5-20(25-11-16)24-6-8-27-7-2-3-17(12-27)14-29;1-15-11-18-17(21(22)25-15)12-20(28)27(18)14-16-5-6-19(24-13-16)23-7-10-26-8-3-2-4-9-26;1-4-23-9-13-20-14-15(21(13)10-17(2,3)22)11-7-5-6-8-12(11)19-16(14)18;1-9(2)7-18-8-16-12-13(18)10-5-3-4-6-11(10)17-14(12)15/h4-5,9,11,17,29H,2-3,6-8,10,12-14H2,1H3,(H2,23,26)(H,24,25);5-6,11,13H,2-4,7-10,12,14H2,1H3,(H2,22,25)(H,23,24);5-8,22H,4,9-10H2,1-3H3,(H2,18,19);3-6,8-9H,7H2,1-2H3,(H2,15,17). The van der Waals surface area contributed by atoms with Gasteiger partial charge >= 0.3 is 0 Å². The molecule has 522 valence electrons. The molecule has 12 N–H and O–H groups in total. The maximum Gasteiger partial charge on any atom is 0.231 e. The predicted octanol–water partition coefficient (Wildman–Crippen LogP) is 9.22. The van der Waals surface area contributed by atoms with Gasteiger partial charge in [-0.2, -0.15) is 0 Å². The Bertz CT molecular complexity index is 4430. The van der Waals surface area contributed by atoms with E-state index in [9.17, 15) is 19.8 Å². The Labute approximate surface area is 578 Å². The van der Waals surface area contributed by atoms with Crippen LogP contribution in [0.15, 0.2) is 104 Å². The van der Waals surface area contributed by atoms with Crippen LogP contribution in [0.4, 0.5) is 46.3 Å². The molecule has 99 heavy (non-hydrogen) atoms. The lowest BCUT2D eigenvalue weighted by Gasteiger charge is -2.31. The van der Waals surface area contributed by atoms with Gasteiger partial charge in [0, 0.05) is 98.2 Å². The van der Waals surface area contributed by atoms with Crippen molar-refractivity contribution in [1.29, 1.82) is 0 Å². The van der Waals surface area contributed by atoms with Crippen LogP contribution in [0.3, 0.4) is 0 Å². The van der Waals surface area contributed by atoms with Crippen LogP contribution in [0.5, 0.6) is 0 Å². The predicted molar refractivity (Wildman–Crippen MR) is 394 cm³/mol. The number of aliphatic hydroxyl groups is 2. The third-order valence-corrected chi connectivity index (χ3v) is 18.2. The number of hydrogen-bond donors (Lipinski definition) is 8. The number of amides is 2. The molecule has 10 aromatic rings. The second-order valence-corrected chi connectivity index (χ2v) is 27.2. The van der Waals surface area contributed by atoms with Gasteiger partial charge in [-0.05, 0) is 139 Å². The molecule has 0 radical (unpaired) electrons. The molecule has 2 aromatic carbocycles. The summed E-state index contributed by atoms with van der Waals surface area (Å²) in [6.45, 7) is 25.4. The third kappa shape index (κ3) is 17.4. The molecule has 4 aliphatic rings. The minimum Gasteiger partial charge on any atom is -0.396 e. The van der Waals surface area contributed by atoms with E-state index in [1.54, 1.807) is 23.6 Å². The number of anilines is 8. The van der Waals surface area contributed by atoms with Crippen molar-refractivity contribution in [1.82, 2.24) is 58.8 Å². The van der Waals surface area contributed by atoms with Gasteiger partial charge in [0.1, 0.15) is 46.7 Å². The number of carbonyl (C=O) groups is 2. The SMILES string of the molecule is CC(C)Cn1cnc2c(N)nc3ccccc3c21.CCOCc1nc2c(N)nc3ccccc3c2n1CC(C)(C)O.Cc1cc2c(c(N)n1)CC(=O)N2Cc1ccc(NCCN2CCCC(CO)C2)nc1.Cc1cc2c(c(N)n1)CC(=O)N2Cc1ccc(NCCN2CCCCC2)nc1.